The standard InChI is InChI=1S/C47H78NO8P/c1-5-7-9-11-13-15-17-19-21-23-25-27-29-31-33-35-37-39-46(49)53-43-45(44-55-57(51,52)54-42-41-48(3)4)56-47(50)40-38-36-34-32-30-28-26-24-22-20-18-16-14-12-10-8-6-2/h13-16,19-22,25-28,31-34,45H,5-12,17-18,23-24,29-30,35-44H2,1-4H3,(H,51,52)/b15-13-,16-14-,21-19-,22-20-,27-25-,28-26-,33-31-,34-32-. The van der Waals surface area contributed by atoms with E-state index < -0.39 is 32.5 Å². The third kappa shape index (κ3) is 42.4. The average molecular weight is 816 g/mol. The number of rotatable bonds is 38. The lowest BCUT2D eigenvalue weighted by molar-refractivity contribution is -0.161. The number of carbonyl (C=O) groups is 2. The maximum absolute atomic E-state index is 12.6. The highest BCUT2D eigenvalue weighted by molar-refractivity contribution is 7.47. The zero-order chi connectivity index (χ0) is 41.9. The third-order valence-corrected chi connectivity index (χ3v) is 9.35. The summed E-state index contributed by atoms with van der Waals surface area (Å²) in [6.45, 7) is 4.11. The van der Waals surface area contributed by atoms with Crippen molar-refractivity contribution in [2.45, 2.75) is 148 Å². The summed E-state index contributed by atoms with van der Waals surface area (Å²) in [4.78, 5) is 36.9. The van der Waals surface area contributed by atoms with Gasteiger partial charge in [0, 0.05) is 19.4 Å². The van der Waals surface area contributed by atoms with Crippen LogP contribution in [0.2, 0.25) is 0 Å². The van der Waals surface area contributed by atoms with E-state index in [2.05, 4.69) is 98.9 Å². The fourth-order valence-electron chi connectivity index (χ4n) is 5.02. The molecule has 0 saturated heterocycles. The van der Waals surface area contributed by atoms with Gasteiger partial charge < -0.3 is 19.3 Å². The molecule has 0 spiro atoms. The molecule has 2 unspecified atom stereocenters. The Bertz CT molecular complexity index is 1260. The van der Waals surface area contributed by atoms with Crippen LogP contribution in [0.25, 0.3) is 0 Å². The van der Waals surface area contributed by atoms with Crippen LogP contribution in [0, 0.1) is 0 Å². The van der Waals surface area contributed by atoms with E-state index in [9.17, 15) is 19.0 Å². The molecule has 0 radical (unpaired) electrons. The molecule has 57 heavy (non-hydrogen) atoms. The van der Waals surface area contributed by atoms with Gasteiger partial charge in [-0.15, -0.1) is 0 Å². The minimum Gasteiger partial charge on any atom is -0.462 e. The zero-order valence-electron chi connectivity index (χ0n) is 36.0. The summed E-state index contributed by atoms with van der Waals surface area (Å²) in [5, 5.41) is 0. The molecular weight excluding hydrogens is 737 g/mol. The predicted octanol–water partition coefficient (Wildman–Crippen LogP) is 12.4. The maximum Gasteiger partial charge on any atom is 0.472 e. The Hall–Kier alpha value is -3.07. The largest absolute Gasteiger partial charge is 0.472 e. The van der Waals surface area contributed by atoms with E-state index in [0.29, 0.717) is 25.8 Å². The summed E-state index contributed by atoms with van der Waals surface area (Å²) in [6, 6.07) is 0. The molecule has 0 bridgehead atoms. The van der Waals surface area contributed by atoms with E-state index in [-0.39, 0.29) is 26.1 Å². The molecule has 1 N–H and O–H groups in total. The number of phosphoric ester groups is 1. The number of hydrogen-bond acceptors (Lipinski definition) is 8. The smallest absolute Gasteiger partial charge is 0.462 e. The number of esters is 2. The molecule has 0 heterocycles. The van der Waals surface area contributed by atoms with Crippen LogP contribution in [0.4, 0.5) is 0 Å². The predicted molar refractivity (Wildman–Crippen MR) is 238 cm³/mol. The second kappa shape index (κ2) is 41.1. The Labute approximate surface area is 347 Å². The van der Waals surface area contributed by atoms with E-state index in [1.54, 1.807) is 4.90 Å². The summed E-state index contributed by atoms with van der Waals surface area (Å²) >= 11 is 0. The SMILES string of the molecule is CCCCC/C=C\C/C=C\C/C=C\C/C=C\CCCC(=O)OCC(COP(=O)(O)OCCN(C)C)OC(=O)CCC/C=C\C/C=C\C/C=C\C/C=C\CCCCC. The summed E-state index contributed by atoms with van der Waals surface area (Å²) in [7, 11) is -0.776. The van der Waals surface area contributed by atoms with Gasteiger partial charge in [0.25, 0.3) is 0 Å². The number of allylic oxidation sites excluding steroid dienone is 16. The minimum atomic E-state index is -4.40. The van der Waals surface area contributed by atoms with Crippen LogP contribution < -0.4 is 0 Å². The van der Waals surface area contributed by atoms with Crippen LogP contribution in [0.5, 0.6) is 0 Å². The van der Waals surface area contributed by atoms with Crippen molar-refractivity contribution in [3.05, 3.63) is 97.2 Å². The lowest BCUT2D eigenvalue weighted by Gasteiger charge is -2.20. The average Bonchev–Trinajstić information content (AvgIpc) is 3.18. The molecule has 0 aliphatic carbocycles. The Morgan fingerprint density at radius 2 is 0.930 bits per heavy atom. The first-order chi connectivity index (χ1) is 27.7. The van der Waals surface area contributed by atoms with Crippen molar-refractivity contribution in [3.8, 4) is 0 Å². The second-order valence-corrected chi connectivity index (χ2v) is 15.6. The lowest BCUT2D eigenvalue weighted by atomic mass is 10.2. The Morgan fingerprint density at radius 3 is 1.33 bits per heavy atom. The van der Waals surface area contributed by atoms with Crippen molar-refractivity contribution in [2.75, 3.05) is 40.5 Å². The van der Waals surface area contributed by atoms with Gasteiger partial charge in [0.05, 0.1) is 13.2 Å². The van der Waals surface area contributed by atoms with Gasteiger partial charge in [-0.1, -0.05) is 137 Å². The topological polar surface area (TPSA) is 112 Å². The van der Waals surface area contributed by atoms with Gasteiger partial charge in [-0.25, -0.2) is 4.57 Å². The molecule has 0 fully saturated rings. The first kappa shape index (κ1) is 53.9. The summed E-state index contributed by atoms with van der Waals surface area (Å²) in [5.74, 6) is -0.945. The van der Waals surface area contributed by atoms with Gasteiger partial charge in [-0.05, 0) is 104 Å². The molecule has 324 valence electrons. The van der Waals surface area contributed by atoms with Gasteiger partial charge in [0.15, 0.2) is 6.10 Å². The maximum atomic E-state index is 12.6. The first-order valence-electron chi connectivity index (χ1n) is 21.5. The van der Waals surface area contributed by atoms with Crippen LogP contribution in [0.15, 0.2) is 97.2 Å². The quantitative estimate of drug-likeness (QED) is 0.0282. The molecule has 0 amide bonds. The van der Waals surface area contributed by atoms with Crippen LogP contribution in [0.3, 0.4) is 0 Å². The van der Waals surface area contributed by atoms with Gasteiger partial charge in [0.2, 0.25) is 0 Å². The highest BCUT2D eigenvalue weighted by Gasteiger charge is 2.26. The fourth-order valence-corrected chi connectivity index (χ4v) is 5.76. The summed E-state index contributed by atoms with van der Waals surface area (Å²) in [5.41, 5.74) is 0. The highest BCUT2D eigenvalue weighted by Crippen LogP contribution is 2.43. The highest BCUT2D eigenvalue weighted by atomic mass is 31.2. The normalized spacial score (nSPS) is 14.4. The number of unbranched alkanes of at least 4 members (excludes halogenated alkanes) is 8. The number of hydrogen-bond donors (Lipinski definition) is 1. The number of nitrogens with zero attached hydrogens (tertiary/aromatic N) is 1. The van der Waals surface area contributed by atoms with Gasteiger partial charge in [0.1, 0.15) is 6.61 Å². The Kier molecular flexibility index (Phi) is 38.9. The van der Waals surface area contributed by atoms with E-state index in [4.69, 9.17) is 18.5 Å². The van der Waals surface area contributed by atoms with Gasteiger partial charge in [-0.2, -0.15) is 0 Å². The number of likely N-dealkylation sites (N-methyl/N-ethyl adjacent to an activating group) is 1. The first-order valence-corrected chi connectivity index (χ1v) is 23.0. The second-order valence-electron chi connectivity index (χ2n) is 14.2. The van der Waals surface area contributed by atoms with Crippen molar-refractivity contribution in [3.63, 3.8) is 0 Å². The van der Waals surface area contributed by atoms with Crippen LogP contribution in [-0.2, 0) is 32.7 Å². The molecule has 9 nitrogen and oxygen atoms in total. The summed E-state index contributed by atoms with van der Waals surface area (Å²) < 4.78 is 33.3. The molecule has 0 saturated carbocycles. The van der Waals surface area contributed by atoms with Crippen molar-refractivity contribution in [1.82, 2.24) is 4.90 Å². The van der Waals surface area contributed by atoms with Gasteiger partial charge >= 0.3 is 19.8 Å². The molecular formula is C47H78NO8P. The number of carbonyl (C=O) groups excluding carboxylic acids is 2. The van der Waals surface area contributed by atoms with Crippen molar-refractivity contribution in [1.29, 1.82) is 0 Å². The van der Waals surface area contributed by atoms with Crippen LogP contribution in [0.1, 0.15) is 142 Å². The number of ether oxygens (including phenoxy) is 2. The molecule has 10 heteroatoms. The van der Waals surface area contributed by atoms with E-state index in [1.807, 2.05) is 26.2 Å². The van der Waals surface area contributed by atoms with Gasteiger partial charge in [-0.3, -0.25) is 18.6 Å². The Morgan fingerprint density at radius 1 is 0.544 bits per heavy atom. The monoisotopic (exact) mass is 816 g/mol. The molecule has 0 aliphatic heterocycles. The molecule has 0 aromatic carbocycles. The minimum absolute atomic E-state index is 0.0167. The van der Waals surface area contributed by atoms with Crippen LogP contribution in [-0.4, -0.2) is 68.3 Å². The van der Waals surface area contributed by atoms with Crippen molar-refractivity contribution >= 4 is 19.8 Å². The molecule has 0 aromatic heterocycles. The van der Waals surface area contributed by atoms with Crippen LogP contribution >= 0.6 is 7.82 Å². The zero-order valence-corrected chi connectivity index (χ0v) is 36.9. The fraction of sp³-hybridized carbons (Fsp3) is 0.617. The summed E-state index contributed by atoms with van der Waals surface area (Å²) in [6.07, 6.45) is 51.8. The molecule has 2 atom stereocenters. The molecule has 0 rings (SSSR count). The van der Waals surface area contributed by atoms with E-state index in [0.717, 1.165) is 44.9 Å². The molecule has 0 aliphatic rings. The Balaban J connectivity index is 4.52. The molecule has 0 aromatic rings. The van der Waals surface area contributed by atoms with Crippen molar-refractivity contribution < 1.29 is 37.6 Å². The van der Waals surface area contributed by atoms with E-state index >= 15 is 0 Å². The van der Waals surface area contributed by atoms with Crippen molar-refractivity contribution in [2.24, 2.45) is 0 Å². The van der Waals surface area contributed by atoms with E-state index in [1.165, 1.54) is 51.4 Å². The lowest BCUT2D eigenvalue weighted by Crippen LogP contribution is -2.29. The third-order valence-electron chi connectivity index (χ3n) is 8.36. The number of phosphoric acid groups is 1.